The zero-order chi connectivity index (χ0) is 21.3. The van der Waals surface area contributed by atoms with Crippen molar-refractivity contribution in [3.05, 3.63) is 36.0 Å². The normalized spacial score (nSPS) is 11.1. The van der Waals surface area contributed by atoms with Gasteiger partial charge in [-0.05, 0) is 37.6 Å². The summed E-state index contributed by atoms with van der Waals surface area (Å²) < 4.78 is 38.0. The molecule has 0 saturated carbocycles. The van der Waals surface area contributed by atoms with Crippen molar-refractivity contribution in [2.45, 2.75) is 43.2 Å². The minimum atomic E-state index is -3.97. The van der Waals surface area contributed by atoms with Crippen molar-refractivity contribution in [2.75, 3.05) is 24.2 Å². The highest BCUT2D eigenvalue weighted by atomic mass is 32.2. The summed E-state index contributed by atoms with van der Waals surface area (Å²) in [6.45, 7) is 3.93. The number of hydrogen-bond donors (Lipinski definition) is 1. The Hall–Kier alpha value is -2.33. The number of nitrogens with zero attached hydrogens (tertiary/aromatic N) is 2. The summed E-state index contributed by atoms with van der Waals surface area (Å²) in [6, 6.07) is 5.89. The van der Waals surface area contributed by atoms with Crippen molar-refractivity contribution in [1.82, 2.24) is 9.97 Å². The molecule has 0 bridgehead atoms. The van der Waals surface area contributed by atoms with Gasteiger partial charge < -0.3 is 9.47 Å². The summed E-state index contributed by atoms with van der Waals surface area (Å²) in [6.07, 6.45) is 4.47. The number of methoxy groups -OCH3 is 1. The number of carbonyl (C=O) groups is 1. The summed E-state index contributed by atoms with van der Waals surface area (Å²) in [4.78, 5) is 20.7. The molecule has 1 heterocycles. The molecule has 0 aliphatic heterocycles. The van der Waals surface area contributed by atoms with Gasteiger partial charge >= 0.3 is 5.97 Å². The van der Waals surface area contributed by atoms with E-state index in [9.17, 15) is 13.2 Å². The molecule has 2 aromatic rings. The van der Waals surface area contributed by atoms with E-state index in [0.29, 0.717) is 10.9 Å². The van der Waals surface area contributed by atoms with Crippen LogP contribution in [0.1, 0.15) is 43.5 Å². The van der Waals surface area contributed by atoms with Crippen LogP contribution in [0.2, 0.25) is 0 Å². The Bertz CT molecular complexity index is 918. The molecule has 29 heavy (non-hydrogen) atoms. The standard InChI is InChI=1S/C19H25N3O5S2/c1-4-6-7-12-28-19-20-13-16(18(23)27-5-2)17(21-19)22-29(24,25)15-10-8-14(26-3)9-11-15/h8-11,13H,4-7,12H2,1-3H3,(H,20,21,22). The van der Waals surface area contributed by atoms with Gasteiger partial charge in [-0.25, -0.2) is 23.2 Å². The van der Waals surface area contributed by atoms with E-state index in [1.165, 1.54) is 49.3 Å². The number of rotatable bonds is 11. The monoisotopic (exact) mass is 439 g/mol. The van der Waals surface area contributed by atoms with Crippen LogP contribution < -0.4 is 9.46 Å². The molecule has 0 amide bonds. The number of esters is 1. The molecule has 2 rings (SSSR count). The van der Waals surface area contributed by atoms with Crippen LogP contribution in [-0.2, 0) is 14.8 Å². The number of aromatic nitrogens is 2. The molecule has 1 N–H and O–H groups in total. The third-order valence-electron chi connectivity index (χ3n) is 3.84. The zero-order valence-corrected chi connectivity index (χ0v) is 18.3. The molecule has 0 saturated heterocycles. The molecule has 10 heteroatoms. The average molecular weight is 440 g/mol. The smallest absolute Gasteiger partial charge is 0.343 e. The molecule has 0 fully saturated rings. The molecule has 0 unspecified atom stereocenters. The van der Waals surface area contributed by atoms with E-state index in [1.54, 1.807) is 6.92 Å². The highest BCUT2D eigenvalue weighted by Gasteiger charge is 2.22. The number of hydrogen-bond acceptors (Lipinski definition) is 8. The predicted octanol–water partition coefficient (Wildman–Crippen LogP) is 3.75. The highest BCUT2D eigenvalue weighted by molar-refractivity contribution is 7.99. The van der Waals surface area contributed by atoms with Gasteiger partial charge in [0.05, 0.1) is 18.6 Å². The van der Waals surface area contributed by atoms with Gasteiger partial charge in [-0.2, -0.15) is 0 Å². The van der Waals surface area contributed by atoms with E-state index in [1.807, 2.05) is 0 Å². The predicted molar refractivity (Wildman–Crippen MR) is 112 cm³/mol. The first-order valence-corrected chi connectivity index (χ1v) is 11.7. The summed E-state index contributed by atoms with van der Waals surface area (Å²) in [7, 11) is -2.47. The maximum atomic E-state index is 12.8. The fourth-order valence-corrected chi connectivity index (χ4v) is 4.16. The number of sulfonamides is 1. The number of anilines is 1. The maximum Gasteiger partial charge on any atom is 0.343 e. The zero-order valence-electron chi connectivity index (χ0n) is 16.7. The fraction of sp³-hybridized carbons (Fsp3) is 0.421. The van der Waals surface area contributed by atoms with Crippen molar-refractivity contribution in [3.63, 3.8) is 0 Å². The number of ether oxygens (including phenoxy) is 2. The van der Waals surface area contributed by atoms with Crippen LogP contribution in [0.4, 0.5) is 5.82 Å². The lowest BCUT2D eigenvalue weighted by Gasteiger charge is -2.12. The first-order valence-electron chi connectivity index (χ1n) is 9.25. The molecule has 158 valence electrons. The van der Waals surface area contributed by atoms with Crippen molar-refractivity contribution >= 4 is 33.6 Å². The number of benzene rings is 1. The lowest BCUT2D eigenvalue weighted by molar-refractivity contribution is 0.0526. The van der Waals surface area contributed by atoms with E-state index in [-0.39, 0.29) is 22.9 Å². The summed E-state index contributed by atoms with van der Waals surface area (Å²) in [5.74, 6) is 0.538. The number of unbranched alkanes of at least 4 members (excludes halogenated alkanes) is 2. The lowest BCUT2D eigenvalue weighted by Crippen LogP contribution is -2.18. The first-order chi connectivity index (χ1) is 13.9. The van der Waals surface area contributed by atoms with Gasteiger partial charge in [0.2, 0.25) is 0 Å². The van der Waals surface area contributed by atoms with Gasteiger partial charge in [-0.3, -0.25) is 4.72 Å². The summed E-state index contributed by atoms with van der Waals surface area (Å²) in [5, 5.41) is 0.390. The lowest BCUT2D eigenvalue weighted by atomic mass is 10.3. The molecular formula is C19H25N3O5S2. The van der Waals surface area contributed by atoms with Gasteiger partial charge in [-0.15, -0.1) is 0 Å². The van der Waals surface area contributed by atoms with Crippen LogP contribution in [0.5, 0.6) is 5.75 Å². The van der Waals surface area contributed by atoms with Gasteiger partial charge in [0, 0.05) is 11.9 Å². The minimum absolute atomic E-state index is 0.0175. The average Bonchev–Trinajstić information content (AvgIpc) is 2.71. The Morgan fingerprint density at radius 2 is 1.90 bits per heavy atom. The Morgan fingerprint density at radius 1 is 1.17 bits per heavy atom. The quantitative estimate of drug-likeness (QED) is 0.244. The second kappa shape index (κ2) is 11.0. The van der Waals surface area contributed by atoms with E-state index < -0.39 is 16.0 Å². The van der Waals surface area contributed by atoms with Crippen molar-refractivity contribution in [2.24, 2.45) is 0 Å². The molecule has 0 atom stereocenters. The third-order valence-corrected chi connectivity index (χ3v) is 6.14. The Morgan fingerprint density at radius 3 is 2.52 bits per heavy atom. The van der Waals surface area contributed by atoms with Crippen LogP contribution >= 0.6 is 11.8 Å². The van der Waals surface area contributed by atoms with Gasteiger partial charge in [0.25, 0.3) is 10.0 Å². The van der Waals surface area contributed by atoms with Gasteiger partial charge in [0.15, 0.2) is 11.0 Å². The molecular weight excluding hydrogens is 414 g/mol. The van der Waals surface area contributed by atoms with Crippen molar-refractivity contribution in [3.8, 4) is 5.75 Å². The number of thioether (sulfide) groups is 1. The summed E-state index contributed by atoms with van der Waals surface area (Å²) in [5.41, 5.74) is -0.0400. The molecule has 0 aliphatic carbocycles. The second-order valence-corrected chi connectivity index (χ2v) is 8.72. The van der Waals surface area contributed by atoms with E-state index in [2.05, 4.69) is 21.6 Å². The second-order valence-electron chi connectivity index (χ2n) is 5.97. The largest absolute Gasteiger partial charge is 0.497 e. The Labute approximate surface area is 175 Å². The van der Waals surface area contributed by atoms with E-state index in [0.717, 1.165) is 25.0 Å². The van der Waals surface area contributed by atoms with Crippen molar-refractivity contribution in [1.29, 1.82) is 0 Å². The van der Waals surface area contributed by atoms with E-state index in [4.69, 9.17) is 9.47 Å². The number of nitrogens with one attached hydrogen (secondary N) is 1. The topological polar surface area (TPSA) is 107 Å². The number of carbonyl (C=O) groups excluding carboxylic acids is 1. The molecule has 0 aliphatic rings. The fourth-order valence-electron chi connectivity index (χ4n) is 2.33. The van der Waals surface area contributed by atoms with E-state index >= 15 is 0 Å². The van der Waals surface area contributed by atoms with Crippen LogP contribution in [-0.4, -0.2) is 43.8 Å². The molecule has 1 aromatic heterocycles. The Kier molecular flexibility index (Phi) is 8.71. The molecule has 0 radical (unpaired) electrons. The first kappa shape index (κ1) is 23.0. The molecule has 8 nitrogen and oxygen atoms in total. The van der Waals surface area contributed by atoms with Crippen LogP contribution in [0.25, 0.3) is 0 Å². The molecule has 1 aromatic carbocycles. The van der Waals surface area contributed by atoms with Gasteiger partial charge in [0.1, 0.15) is 11.3 Å². The minimum Gasteiger partial charge on any atom is -0.497 e. The van der Waals surface area contributed by atoms with Crippen molar-refractivity contribution < 1.29 is 22.7 Å². The van der Waals surface area contributed by atoms with Crippen LogP contribution in [0.15, 0.2) is 40.5 Å². The third kappa shape index (κ3) is 6.60. The SMILES string of the molecule is CCCCCSc1ncc(C(=O)OCC)c(NS(=O)(=O)c2ccc(OC)cc2)n1. The Balaban J connectivity index is 2.31. The van der Waals surface area contributed by atoms with Crippen LogP contribution in [0.3, 0.4) is 0 Å². The van der Waals surface area contributed by atoms with Crippen LogP contribution in [0, 0.1) is 0 Å². The highest BCUT2D eigenvalue weighted by Crippen LogP contribution is 2.24. The maximum absolute atomic E-state index is 12.8. The summed E-state index contributed by atoms with van der Waals surface area (Å²) >= 11 is 1.41. The van der Waals surface area contributed by atoms with Gasteiger partial charge in [-0.1, -0.05) is 31.5 Å². The molecule has 0 spiro atoms.